The minimum Gasteiger partial charge on any atom is -0.478 e. The minimum atomic E-state index is -1.82. The Bertz CT molecular complexity index is 1060. The maximum Gasteiger partial charge on any atom is 0.336 e. The molecule has 1 aromatic carbocycles. The number of rotatable bonds is 4. The zero-order valence-electron chi connectivity index (χ0n) is 16.3. The first-order valence-corrected chi connectivity index (χ1v) is 11.3. The molecule has 5 rings (SSSR count). The van der Waals surface area contributed by atoms with Gasteiger partial charge in [-0.25, -0.2) is 18.5 Å². The van der Waals surface area contributed by atoms with Gasteiger partial charge in [-0.1, -0.05) is 0 Å². The van der Waals surface area contributed by atoms with Gasteiger partial charge >= 0.3 is 12.0 Å². The van der Waals surface area contributed by atoms with Crippen molar-refractivity contribution in [3.8, 4) is 5.88 Å². The van der Waals surface area contributed by atoms with Crippen LogP contribution >= 0.6 is 0 Å². The Morgan fingerprint density at radius 3 is 2.40 bits per heavy atom. The first kappa shape index (κ1) is 19.1. The fourth-order valence-corrected chi connectivity index (χ4v) is 5.61. The van der Waals surface area contributed by atoms with Crippen molar-refractivity contribution in [2.45, 2.75) is 56.4 Å². The topological polar surface area (TPSA) is 123 Å². The quantitative estimate of drug-likeness (QED) is 0.683. The molecular weight excluding hydrogens is 408 g/mol. The molecule has 1 atom stereocenters. The molecule has 2 aromatic rings. The van der Waals surface area contributed by atoms with Crippen molar-refractivity contribution < 1.29 is 23.6 Å². The van der Waals surface area contributed by atoms with E-state index < -0.39 is 23.0 Å². The normalized spacial score (nSPS) is 17.5. The molecule has 1 aliphatic heterocycles. The number of hydrogen-bond donors (Lipinski definition) is 3. The number of anilines is 1. The van der Waals surface area contributed by atoms with Crippen molar-refractivity contribution >= 4 is 28.7 Å². The average Bonchev–Trinajstić information content (AvgIpc) is 3.46. The molecule has 2 heterocycles. The molecule has 0 saturated carbocycles. The summed E-state index contributed by atoms with van der Waals surface area (Å²) >= 11 is 0. The lowest BCUT2D eigenvalue weighted by Gasteiger charge is -2.19. The van der Waals surface area contributed by atoms with Gasteiger partial charge in [0.2, 0.25) is 5.88 Å². The fourth-order valence-electron chi connectivity index (χ4n) is 4.81. The largest absolute Gasteiger partial charge is 0.478 e. The lowest BCUT2D eigenvalue weighted by Crippen LogP contribution is -2.31. The summed E-state index contributed by atoms with van der Waals surface area (Å²) in [6.07, 6.45) is 6.87. The average molecular weight is 430 g/mol. The standard InChI is InChI=1S/C20H22N4O5S/c25-19(26)16-11-4-1-6-13(11)17(14-7-2-5-12(14)16)22-20(27)23-30(28)15-10-21-24-8-3-9-29-18(15)24/h10H,1-9H2,(H,25,26)(H2,22,23,27). The van der Waals surface area contributed by atoms with Crippen LogP contribution in [-0.4, -0.2) is 37.7 Å². The Morgan fingerprint density at radius 2 is 1.73 bits per heavy atom. The number of benzene rings is 1. The summed E-state index contributed by atoms with van der Waals surface area (Å²) in [7, 11) is -1.82. The molecule has 0 saturated heterocycles. The number of aryl methyl sites for hydroxylation is 1. The van der Waals surface area contributed by atoms with Crippen LogP contribution in [0.15, 0.2) is 11.1 Å². The molecule has 3 N–H and O–H groups in total. The van der Waals surface area contributed by atoms with Crippen molar-refractivity contribution in [2.75, 3.05) is 11.9 Å². The number of fused-ring (bicyclic) bond motifs is 3. The van der Waals surface area contributed by atoms with Crippen LogP contribution in [0.3, 0.4) is 0 Å². The number of aromatic carboxylic acids is 1. The summed E-state index contributed by atoms with van der Waals surface area (Å²) in [5, 5.41) is 16.8. The lowest BCUT2D eigenvalue weighted by atomic mass is 9.92. The van der Waals surface area contributed by atoms with Gasteiger partial charge in [-0.15, -0.1) is 0 Å². The van der Waals surface area contributed by atoms with Crippen LogP contribution in [0.4, 0.5) is 10.5 Å². The van der Waals surface area contributed by atoms with Crippen molar-refractivity contribution in [1.82, 2.24) is 14.5 Å². The summed E-state index contributed by atoms with van der Waals surface area (Å²) < 4.78 is 22.4. The van der Waals surface area contributed by atoms with E-state index in [0.717, 1.165) is 54.4 Å². The Kier molecular flexibility index (Phi) is 4.73. The van der Waals surface area contributed by atoms with Gasteiger partial charge in [-0.05, 0) is 60.8 Å². The van der Waals surface area contributed by atoms with Gasteiger partial charge < -0.3 is 15.2 Å². The van der Waals surface area contributed by atoms with E-state index in [1.54, 1.807) is 4.68 Å². The number of urea groups is 1. The van der Waals surface area contributed by atoms with Gasteiger partial charge in [0, 0.05) is 18.7 Å². The second-order valence-electron chi connectivity index (χ2n) is 7.74. The number of ether oxygens (including phenoxy) is 1. The van der Waals surface area contributed by atoms with Gasteiger partial charge in [0.15, 0.2) is 11.0 Å². The minimum absolute atomic E-state index is 0.335. The van der Waals surface area contributed by atoms with Crippen LogP contribution < -0.4 is 14.8 Å². The molecule has 2 amide bonds. The van der Waals surface area contributed by atoms with E-state index >= 15 is 0 Å². The number of amides is 2. The highest BCUT2D eigenvalue weighted by Crippen LogP contribution is 2.41. The maximum atomic E-state index is 12.7. The third-order valence-electron chi connectivity index (χ3n) is 5.99. The van der Waals surface area contributed by atoms with E-state index in [9.17, 15) is 18.9 Å². The fraction of sp³-hybridized carbons (Fsp3) is 0.450. The third-order valence-corrected chi connectivity index (χ3v) is 7.04. The highest BCUT2D eigenvalue weighted by molar-refractivity contribution is 7.83. The van der Waals surface area contributed by atoms with Crippen LogP contribution in [0, 0.1) is 0 Å². The predicted molar refractivity (Wildman–Crippen MR) is 108 cm³/mol. The van der Waals surface area contributed by atoms with E-state index in [1.165, 1.54) is 6.20 Å². The molecule has 1 unspecified atom stereocenters. The molecule has 1 aromatic heterocycles. The van der Waals surface area contributed by atoms with E-state index in [-0.39, 0.29) is 0 Å². The van der Waals surface area contributed by atoms with E-state index in [1.807, 2.05) is 0 Å². The Balaban J connectivity index is 1.41. The first-order chi connectivity index (χ1) is 14.5. The predicted octanol–water partition coefficient (Wildman–Crippen LogP) is 2.19. The Hall–Kier alpha value is -2.88. The lowest BCUT2D eigenvalue weighted by molar-refractivity contribution is 0.0694. The highest BCUT2D eigenvalue weighted by atomic mass is 32.2. The molecule has 9 nitrogen and oxygen atoms in total. The molecular formula is C20H22N4O5S. The number of nitrogens with zero attached hydrogens (tertiary/aromatic N) is 2. The third kappa shape index (κ3) is 3.06. The van der Waals surface area contributed by atoms with Crippen molar-refractivity contribution in [3.63, 3.8) is 0 Å². The van der Waals surface area contributed by atoms with Crippen LogP contribution in [0.1, 0.15) is 51.9 Å². The smallest absolute Gasteiger partial charge is 0.336 e. The van der Waals surface area contributed by atoms with Gasteiger partial charge in [0.1, 0.15) is 4.90 Å². The Labute approximate surface area is 175 Å². The Morgan fingerprint density at radius 1 is 1.07 bits per heavy atom. The van der Waals surface area contributed by atoms with Crippen molar-refractivity contribution in [2.24, 2.45) is 0 Å². The number of carbonyl (C=O) groups excluding carboxylic acids is 1. The molecule has 0 spiro atoms. The number of carboxylic acids is 1. The maximum absolute atomic E-state index is 12.7. The molecule has 0 fully saturated rings. The van der Waals surface area contributed by atoms with Crippen LogP contribution in [0.25, 0.3) is 0 Å². The SMILES string of the molecule is O=C(Nc1c2c(c(C(=O)O)c3c1CCC3)CCC2)NS(=O)c1cnn2c1OCCC2. The van der Waals surface area contributed by atoms with E-state index in [4.69, 9.17) is 4.74 Å². The van der Waals surface area contributed by atoms with Gasteiger partial charge in [-0.2, -0.15) is 5.10 Å². The van der Waals surface area contributed by atoms with Gasteiger partial charge in [0.25, 0.3) is 0 Å². The highest BCUT2D eigenvalue weighted by Gasteiger charge is 2.32. The zero-order chi connectivity index (χ0) is 20.8. The van der Waals surface area contributed by atoms with E-state index in [0.29, 0.717) is 48.0 Å². The monoisotopic (exact) mass is 430 g/mol. The number of nitrogens with one attached hydrogen (secondary N) is 2. The van der Waals surface area contributed by atoms with Crippen LogP contribution in [0.2, 0.25) is 0 Å². The molecule has 2 aliphatic carbocycles. The molecule has 3 aliphatic rings. The zero-order valence-corrected chi connectivity index (χ0v) is 17.1. The first-order valence-electron chi connectivity index (χ1n) is 10.2. The molecule has 0 bridgehead atoms. The number of carboxylic acid groups (broad SMARTS) is 1. The molecule has 10 heteroatoms. The van der Waals surface area contributed by atoms with Gasteiger partial charge in [0.05, 0.1) is 18.4 Å². The van der Waals surface area contributed by atoms with Crippen molar-refractivity contribution in [3.05, 3.63) is 34.0 Å². The van der Waals surface area contributed by atoms with Crippen LogP contribution in [-0.2, 0) is 43.2 Å². The number of aromatic nitrogens is 2. The van der Waals surface area contributed by atoms with Crippen molar-refractivity contribution in [1.29, 1.82) is 0 Å². The summed E-state index contributed by atoms with van der Waals surface area (Å²) in [4.78, 5) is 24.9. The second kappa shape index (κ2) is 7.42. The molecule has 30 heavy (non-hydrogen) atoms. The molecule has 0 radical (unpaired) electrons. The second-order valence-corrected chi connectivity index (χ2v) is 8.92. The summed E-state index contributed by atoms with van der Waals surface area (Å²) in [5.74, 6) is -0.470. The van der Waals surface area contributed by atoms with Crippen LogP contribution in [0.5, 0.6) is 5.88 Å². The summed E-state index contributed by atoms with van der Waals surface area (Å²) in [6, 6.07) is -0.588. The van der Waals surface area contributed by atoms with E-state index in [2.05, 4.69) is 15.1 Å². The van der Waals surface area contributed by atoms with Gasteiger partial charge in [-0.3, -0.25) is 4.72 Å². The molecule has 158 valence electrons. The number of carbonyl (C=O) groups is 2. The summed E-state index contributed by atoms with van der Waals surface area (Å²) in [5.41, 5.74) is 4.59. The number of hydrogen-bond acceptors (Lipinski definition) is 5. The summed E-state index contributed by atoms with van der Waals surface area (Å²) in [6.45, 7) is 1.21.